The van der Waals surface area contributed by atoms with E-state index < -0.39 is 0 Å². The van der Waals surface area contributed by atoms with Crippen LogP contribution >= 0.6 is 0 Å². The highest BCUT2D eigenvalue weighted by Crippen LogP contribution is 2.11. The van der Waals surface area contributed by atoms with Gasteiger partial charge in [-0.15, -0.1) is 5.10 Å². The van der Waals surface area contributed by atoms with Gasteiger partial charge in [0.2, 0.25) is 5.88 Å². The lowest BCUT2D eigenvalue weighted by molar-refractivity contribution is 0.198. The molecule has 1 atom stereocenters. The van der Waals surface area contributed by atoms with Crippen molar-refractivity contribution >= 4 is 0 Å². The Morgan fingerprint density at radius 1 is 1.44 bits per heavy atom. The summed E-state index contributed by atoms with van der Waals surface area (Å²) in [6.45, 7) is 9.42. The highest BCUT2D eigenvalue weighted by Gasteiger charge is 2.06. The lowest BCUT2D eigenvalue weighted by atomic mass is 10.2. The summed E-state index contributed by atoms with van der Waals surface area (Å²) in [4.78, 5) is 0. The Morgan fingerprint density at radius 2 is 2.19 bits per heavy atom. The number of rotatable bonds is 7. The van der Waals surface area contributed by atoms with Gasteiger partial charge in [-0.2, -0.15) is 0 Å². The fourth-order valence-corrected chi connectivity index (χ4v) is 1.50. The van der Waals surface area contributed by atoms with Crippen molar-refractivity contribution in [3.05, 3.63) is 11.8 Å². The summed E-state index contributed by atoms with van der Waals surface area (Å²) in [5.74, 6) is 0.696. The average molecular weight is 225 g/mol. The first-order valence-corrected chi connectivity index (χ1v) is 6.00. The van der Waals surface area contributed by atoms with Crippen LogP contribution in [0.5, 0.6) is 5.88 Å². The molecule has 4 heteroatoms. The van der Waals surface area contributed by atoms with Gasteiger partial charge >= 0.3 is 0 Å². The molecule has 1 rings (SSSR count). The maximum atomic E-state index is 5.67. The Hall–Kier alpha value is -1.03. The van der Waals surface area contributed by atoms with Gasteiger partial charge < -0.3 is 10.1 Å². The van der Waals surface area contributed by atoms with E-state index in [1.54, 1.807) is 0 Å². The second-order valence-electron chi connectivity index (χ2n) is 4.57. The van der Waals surface area contributed by atoms with Crippen molar-refractivity contribution in [1.82, 2.24) is 15.5 Å². The minimum absolute atomic E-state index is 0.219. The molecule has 0 aliphatic carbocycles. The van der Waals surface area contributed by atoms with Gasteiger partial charge in [-0.05, 0) is 33.2 Å². The quantitative estimate of drug-likeness (QED) is 0.700. The molecule has 1 unspecified atom stereocenters. The molecule has 1 aromatic rings. The molecule has 0 amide bonds. The highest BCUT2D eigenvalue weighted by atomic mass is 16.5. The van der Waals surface area contributed by atoms with Crippen molar-refractivity contribution in [1.29, 1.82) is 0 Å². The smallest absolute Gasteiger partial charge is 0.232 e. The number of hydrogen-bond donors (Lipinski definition) is 2. The molecule has 0 aliphatic heterocycles. The summed E-state index contributed by atoms with van der Waals surface area (Å²) in [6.07, 6.45) is 2.39. The maximum Gasteiger partial charge on any atom is 0.232 e. The minimum atomic E-state index is 0.219. The Labute approximate surface area is 97.8 Å². The number of aryl methyl sites for hydroxylation is 1. The molecule has 0 aromatic carbocycles. The van der Waals surface area contributed by atoms with Gasteiger partial charge in [-0.25, -0.2) is 0 Å². The van der Waals surface area contributed by atoms with Crippen molar-refractivity contribution in [2.75, 3.05) is 6.54 Å². The van der Waals surface area contributed by atoms with Crippen molar-refractivity contribution < 1.29 is 4.74 Å². The van der Waals surface area contributed by atoms with Crippen LogP contribution in [0.1, 0.15) is 39.3 Å². The van der Waals surface area contributed by atoms with E-state index in [0.717, 1.165) is 25.1 Å². The van der Waals surface area contributed by atoms with Crippen LogP contribution in [0.3, 0.4) is 0 Å². The van der Waals surface area contributed by atoms with Crippen LogP contribution in [0.4, 0.5) is 0 Å². The number of aromatic nitrogens is 2. The van der Waals surface area contributed by atoms with E-state index in [0.29, 0.717) is 11.9 Å². The predicted molar refractivity (Wildman–Crippen MR) is 65.8 cm³/mol. The number of aromatic amines is 1. The monoisotopic (exact) mass is 225 g/mol. The molecule has 0 saturated carbocycles. The van der Waals surface area contributed by atoms with Gasteiger partial charge in [0.05, 0.1) is 6.10 Å². The summed E-state index contributed by atoms with van der Waals surface area (Å²) < 4.78 is 5.67. The zero-order chi connectivity index (χ0) is 12.0. The summed E-state index contributed by atoms with van der Waals surface area (Å²) >= 11 is 0. The van der Waals surface area contributed by atoms with Crippen molar-refractivity contribution in [3.8, 4) is 5.88 Å². The molecule has 92 valence electrons. The summed E-state index contributed by atoms with van der Waals surface area (Å²) in [5, 5.41) is 10.3. The van der Waals surface area contributed by atoms with Gasteiger partial charge in [0, 0.05) is 17.8 Å². The molecule has 16 heavy (non-hydrogen) atoms. The minimum Gasteiger partial charge on any atom is -0.474 e. The van der Waals surface area contributed by atoms with E-state index >= 15 is 0 Å². The predicted octanol–water partition coefficient (Wildman–Crippen LogP) is 2.26. The van der Waals surface area contributed by atoms with Crippen molar-refractivity contribution in [2.24, 2.45) is 0 Å². The molecule has 0 aliphatic rings. The Bertz CT molecular complexity index is 296. The highest BCUT2D eigenvalue weighted by molar-refractivity contribution is 5.12. The summed E-state index contributed by atoms with van der Waals surface area (Å²) in [5.41, 5.74) is 1.03. The van der Waals surface area contributed by atoms with E-state index in [1.807, 2.05) is 13.0 Å². The third-order valence-electron chi connectivity index (χ3n) is 2.34. The van der Waals surface area contributed by atoms with Crippen LogP contribution in [-0.2, 0) is 0 Å². The summed E-state index contributed by atoms with van der Waals surface area (Å²) in [6, 6.07) is 2.48. The number of hydrogen-bond acceptors (Lipinski definition) is 3. The summed E-state index contributed by atoms with van der Waals surface area (Å²) in [7, 11) is 0. The Morgan fingerprint density at radius 3 is 2.75 bits per heavy atom. The van der Waals surface area contributed by atoms with Crippen molar-refractivity contribution in [3.63, 3.8) is 0 Å². The average Bonchev–Trinajstić information content (AvgIpc) is 2.58. The van der Waals surface area contributed by atoms with Gasteiger partial charge in [-0.3, -0.25) is 5.10 Å². The first-order valence-electron chi connectivity index (χ1n) is 6.00. The molecule has 1 aromatic heterocycles. The topological polar surface area (TPSA) is 49.9 Å². The van der Waals surface area contributed by atoms with Gasteiger partial charge in [0.1, 0.15) is 0 Å². The van der Waals surface area contributed by atoms with Crippen LogP contribution in [0.2, 0.25) is 0 Å². The van der Waals surface area contributed by atoms with E-state index in [-0.39, 0.29) is 6.10 Å². The maximum absolute atomic E-state index is 5.67. The molecule has 1 heterocycles. The first-order chi connectivity index (χ1) is 7.58. The van der Waals surface area contributed by atoms with Crippen LogP contribution in [-0.4, -0.2) is 28.9 Å². The van der Waals surface area contributed by atoms with E-state index in [1.165, 1.54) is 0 Å². The van der Waals surface area contributed by atoms with Crippen molar-refractivity contribution in [2.45, 2.75) is 52.7 Å². The molecule has 0 saturated heterocycles. The second-order valence-corrected chi connectivity index (χ2v) is 4.57. The fourth-order valence-electron chi connectivity index (χ4n) is 1.50. The Balaban J connectivity index is 2.13. The van der Waals surface area contributed by atoms with Crippen LogP contribution in [0, 0.1) is 6.92 Å². The third-order valence-corrected chi connectivity index (χ3v) is 2.34. The fraction of sp³-hybridized carbons (Fsp3) is 0.750. The lowest BCUT2D eigenvalue weighted by Gasteiger charge is -2.13. The molecule has 0 fully saturated rings. The number of ether oxygens (including phenoxy) is 1. The SMILES string of the molecule is Cc1cc(OC(C)CCCNC(C)C)n[nH]1. The first kappa shape index (κ1) is 13.0. The van der Waals surface area contributed by atoms with Crippen LogP contribution in [0.25, 0.3) is 0 Å². The standard InChI is InChI=1S/C12H23N3O/c1-9(2)13-7-5-6-11(4)16-12-8-10(3)14-15-12/h8-9,11,13H,5-7H2,1-4H3,(H,14,15). The molecular weight excluding hydrogens is 202 g/mol. The van der Waals surface area contributed by atoms with Crippen LogP contribution in [0.15, 0.2) is 6.07 Å². The van der Waals surface area contributed by atoms with E-state index in [9.17, 15) is 0 Å². The van der Waals surface area contributed by atoms with E-state index in [4.69, 9.17) is 4.74 Å². The zero-order valence-electron chi connectivity index (χ0n) is 10.7. The zero-order valence-corrected chi connectivity index (χ0v) is 10.7. The molecule has 0 bridgehead atoms. The van der Waals surface area contributed by atoms with E-state index in [2.05, 4.69) is 36.3 Å². The van der Waals surface area contributed by atoms with Gasteiger partial charge in [0.25, 0.3) is 0 Å². The lowest BCUT2D eigenvalue weighted by Crippen LogP contribution is -2.25. The molecule has 2 N–H and O–H groups in total. The van der Waals surface area contributed by atoms with Gasteiger partial charge in [0.15, 0.2) is 0 Å². The second kappa shape index (κ2) is 6.53. The number of H-pyrrole nitrogens is 1. The third kappa shape index (κ3) is 5.16. The number of nitrogens with one attached hydrogen (secondary N) is 2. The number of nitrogens with zero attached hydrogens (tertiary/aromatic N) is 1. The Kier molecular flexibility index (Phi) is 5.32. The van der Waals surface area contributed by atoms with Gasteiger partial charge in [-0.1, -0.05) is 13.8 Å². The molecule has 0 spiro atoms. The molecule has 4 nitrogen and oxygen atoms in total. The largest absolute Gasteiger partial charge is 0.474 e. The molecule has 0 radical (unpaired) electrons. The van der Waals surface area contributed by atoms with Crippen LogP contribution < -0.4 is 10.1 Å². The molecular formula is C12H23N3O. The normalized spacial score (nSPS) is 13.1.